The fourth-order valence-corrected chi connectivity index (χ4v) is 3.36. The van der Waals surface area contributed by atoms with E-state index in [0.717, 1.165) is 30.7 Å². The normalized spacial score (nSPS) is 14.1. The maximum absolute atomic E-state index is 7.48. The first kappa shape index (κ1) is 19.2. The molecule has 0 saturated carbocycles. The number of hydrogen-bond acceptors (Lipinski definition) is 8. The summed E-state index contributed by atoms with van der Waals surface area (Å²) in [4.78, 5) is 11.3. The quantitative estimate of drug-likeness (QED) is 0.435. The molecule has 3 aromatic rings. The predicted molar refractivity (Wildman–Crippen MR) is 114 cm³/mol. The second kappa shape index (κ2) is 8.06. The van der Waals surface area contributed by atoms with Gasteiger partial charge in [0.2, 0.25) is 5.95 Å². The van der Waals surface area contributed by atoms with Crippen molar-refractivity contribution in [1.29, 1.82) is 5.41 Å². The SMILES string of the molecule is Cn1nc(-c2ccc(N3CCOCC3)nc2)nc1Nc1ccc(N)c(C=N)c1Cl. The van der Waals surface area contributed by atoms with Crippen molar-refractivity contribution in [2.45, 2.75) is 0 Å². The molecule has 1 aromatic carbocycles. The number of pyridine rings is 1. The molecule has 1 fully saturated rings. The van der Waals surface area contributed by atoms with Crippen LogP contribution in [0.2, 0.25) is 5.02 Å². The smallest absolute Gasteiger partial charge is 0.225 e. The van der Waals surface area contributed by atoms with Crippen LogP contribution in [-0.2, 0) is 11.8 Å². The zero-order valence-electron chi connectivity index (χ0n) is 15.9. The molecule has 9 nitrogen and oxygen atoms in total. The summed E-state index contributed by atoms with van der Waals surface area (Å²) >= 11 is 6.36. The van der Waals surface area contributed by atoms with E-state index in [1.54, 1.807) is 30.1 Å². The summed E-state index contributed by atoms with van der Waals surface area (Å²) in [5.74, 6) is 1.98. The highest BCUT2D eigenvalue weighted by molar-refractivity contribution is 6.36. The Hall–Kier alpha value is -3.17. The van der Waals surface area contributed by atoms with Gasteiger partial charge in [0.05, 0.1) is 23.9 Å². The van der Waals surface area contributed by atoms with Gasteiger partial charge >= 0.3 is 0 Å². The van der Waals surface area contributed by atoms with Crippen molar-refractivity contribution in [2.24, 2.45) is 7.05 Å². The van der Waals surface area contributed by atoms with Gasteiger partial charge in [-0.25, -0.2) is 9.67 Å². The van der Waals surface area contributed by atoms with Crippen LogP contribution in [0.1, 0.15) is 5.56 Å². The van der Waals surface area contributed by atoms with Crippen molar-refractivity contribution < 1.29 is 4.74 Å². The summed E-state index contributed by atoms with van der Waals surface area (Å²) < 4.78 is 7.01. The third kappa shape index (κ3) is 3.87. The maximum Gasteiger partial charge on any atom is 0.225 e. The van der Waals surface area contributed by atoms with Crippen LogP contribution in [0.4, 0.5) is 23.1 Å². The van der Waals surface area contributed by atoms with Crippen LogP contribution < -0.4 is 16.0 Å². The van der Waals surface area contributed by atoms with Gasteiger partial charge in [-0.15, -0.1) is 5.10 Å². The largest absolute Gasteiger partial charge is 0.398 e. The summed E-state index contributed by atoms with van der Waals surface area (Å²) in [5, 5.41) is 15.5. The van der Waals surface area contributed by atoms with E-state index in [9.17, 15) is 0 Å². The Kier molecular flexibility index (Phi) is 5.32. The van der Waals surface area contributed by atoms with Gasteiger partial charge in [0.25, 0.3) is 0 Å². The number of nitrogens with one attached hydrogen (secondary N) is 2. The highest BCUT2D eigenvalue weighted by Crippen LogP contribution is 2.31. The van der Waals surface area contributed by atoms with Gasteiger partial charge in [-0.05, 0) is 24.3 Å². The molecule has 0 aliphatic carbocycles. The Labute approximate surface area is 173 Å². The molecule has 0 radical (unpaired) electrons. The van der Waals surface area contributed by atoms with Gasteiger partial charge in [0, 0.05) is 49.4 Å². The summed E-state index contributed by atoms with van der Waals surface area (Å²) in [6.07, 6.45) is 2.90. The van der Waals surface area contributed by atoms with Crippen molar-refractivity contribution in [2.75, 3.05) is 42.3 Å². The molecule has 0 spiro atoms. The number of ether oxygens (including phenoxy) is 1. The lowest BCUT2D eigenvalue weighted by Gasteiger charge is -2.27. The average Bonchev–Trinajstić information content (AvgIpc) is 3.11. The number of hydrogen-bond donors (Lipinski definition) is 3. The Morgan fingerprint density at radius 1 is 1.24 bits per heavy atom. The van der Waals surface area contributed by atoms with Gasteiger partial charge in [0.15, 0.2) is 5.82 Å². The minimum atomic E-state index is 0.362. The molecule has 0 amide bonds. The number of halogens is 1. The first-order chi connectivity index (χ1) is 14.1. The molecular formula is C19H21ClN8O. The number of nitrogen functional groups attached to an aromatic ring is 1. The van der Waals surface area contributed by atoms with Crippen LogP contribution in [0.3, 0.4) is 0 Å². The Bertz CT molecular complexity index is 1030. The topological polar surface area (TPSA) is 118 Å². The molecule has 1 aliphatic rings. The van der Waals surface area contributed by atoms with Crippen LogP contribution in [0.25, 0.3) is 11.4 Å². The number of benzene rings is 1. The van der Waals surface area contributed by atoms with E-state index in [2.05, 4.69) is 25.3 Å². The molecule has 0 unspecified atom stereocenters. The van der Waals surface area contributed by atoms with E-state index >= 15 is 0 Å². The number of aryl methyl sites for hydroxylation is 1. The number of rotatable bonds is 5. The Balaban J connectivity index is 1.56. The standard InChI is InChI=1S/C19H21ClN8O/c1-27-19(24-15-4-3-14(22)13(10-21)17(15)20)25-18(26-27)12-2-5-16(23-11-12)28-6-8-29-9-7-28/h2-5,10-11,21H,6-9,22H2,1H3,(H,24,25,26). The highest BCUT2D eigenvalue weighted by atomic mass is 35.5. The molecular weight excluding hydrogens is 392 g/mol. The summed E-state index contributed by atoms with van der Waals surface area (Å²) in [6, 6.07) is 7.37. The lowest BCUT2D eigenvalue weighted by atomic mass is 10.1. The zero-order chi connectivity index (χ0) is 20.4. The van der Waals surface area contributed by atoms with Crippen molar-refractivity contribution in [3.05, 3.63) is 41.0 Å². The second-order valence-corrected chi connectivity index (χ2v) is 6.96. The highest BCUT2D eigenvalue weighted by Gasteiger charge is 2.15. The van der Waals surface area contributed by atoms with E-state index in [1.165, 1.54) is 0 Å². The number of morpholine rings is 1. The van der Waals surface area contributed by atoms with Crippen molar-refractivity contribution in [1.82, 2.24) is 19.7 Å². The lowest BCUT2D eigenvalue weighted by Crippen LogP contribution is -2.36. The molecule has 4 N–H and O–H groups in total. The Morgan fingerprint density at radius 2 is 2.03 bits per heavy atom. The second-order valence-electron chi connectivity index (χ2n) is 6.59. The molecule has 0 atom stereocenters. The van der Waals surface area contributed by atoms with E-state index in [1.807, 2.05) is 12.1 Å². The van der Waals surface area contributed by atoms with Gasteiger partial charge in [-0.2, -0.15) is 4.98 Å². The molecule has 0 bridgehead atoms. The van der Waals surface area contributed by atoms with Crippen molar-refractivity contribution in [3.63, 3.8) is 0 Å². The van der Waals surface area contributed by atoms with E-state index in [0.29, 0.717) is 46.9 Å². The Morgan fingerprint density at radius 3 is 2.72 bits per heavy atom. The van der Waals surface area contributed by atoms with Crippen LogP contribution in [0.5, 0.6) is 0 Å². The molecule has 3 heterocycles. The molecule has 10 heteroatoms. The predicted octanol–water partition coefficient (Wildman–Crippen LogP) is 2.69. The van der Waals surface area contributed by atoms with Gasteiger partial charge < -0.3 is 26.1 Å². The third-order valence-corrected chi connectivity index (χ3v) is 5.12. The minimum Gasteiger partial charge on any atom is -0.398 e. The molecule has 29 heavy (non-hydrogen) atoms. The maximum atomic E-state index is 7.48. The third-order valence-electron chi connectivity index (χ3n) is 4.71. The molecule has 150 valence electrons. The van der Waals surface area contributed by atoms with E-state index in [4.69, 9.17) is 27.5 Å². The fourth-order valence-electron chi connectivity index (χ4n) is 3.09. The van der Waals surface area contributed by atoms with Crippen LogP contribution in [-0.4, -0.2) is 52.3 Å². The summed E-state index contributed by atoms with van der Waals surface area (Å²) in [5.41, 5.74) is 8.17. The molecule has 1 aliphatic heterocycles. The lowest BCUT2D eigenvalue weighted by molar-refractivity contribution is 0.122. The first-order valence-electron chi connectivity index (χ1n) is 9.12. The zero-order valence-corrected chi connectivity index (χ0v) is 16.6. The van der Waals surface area contributed by atoms with Crippen molar-refractivity contribution in [3.8, 4) is 11.4 Å². The van der Waals surface area contributed by atoms with E-state index < -0.39 is 0 Å². The minimum absolute atomic E-state index is 0.362. The van der Waals surface area contributed by atoms with Gasteiger partial charge in [-0.1, -0.05) is 11.6 Å². The molecule has 1 saturated heterocycles. The van der Waals surface area contributed by atoms with Crippen molar-refractivity contribution >= 4 is 41.0 Å². The number of nitrogens with two attached hydrogens (primary N) is 1. The molecule has 4 rings (SSSR count). The van der Waals surface area contributed by atoms with Crippen LogP contribution in [0.15, 0.2) is 30.5 Å². The summed E-state index contributed by atoms with van der Waals surface area (Å²) in [7, 11) is 1.79. The van der Waals surface area contributed by atoms with Gasteiger partial charge in [-0.3, -0.25) is 0 Å². The number of aromatic nitrogens is 4. The van der Waals surface area contributed by atoms with Crippen LogP contribution >= 0.6 is 11.6 Å². The summed E-state index contributed by atoms with van der Waals surface area (Å²) in [6.45, 7) is 3.10. The fraction of sp³-hybridized carbons (Fsp3) is 0.263. The number of nitrogens with zero attached hydrogens (tertiary/aromatic N) is 5. The number of anilines is 4. The van der Waals surface area contributed by atoms with E-state index in [-0.39, 0.29) is 0 Å². The van der Waals surface area contributed by atoms with Gasteiger partial charge in [0.1, 0.15) is 5.82 Å². The first-order valence-corrected chi connectivity index (χ1v) is 9.50. The van der Waals surface area contributed by atoms with Crippen LogP contribution in [0, 0.1) is 5.41 Å². The molecule has 2 aromatic heterocycles. The monoisotopic (exact) mass is 412 g/mol. The average molecular weight is 413 g/mol.